The molecule has 1 unspecified atom stereocenters. The number of aliphatic hydroxyl groups is 1. The summed E-state index contributed by atoms with van der Waals surface area (Å²) in [6.45, 7) is 1.86. The lowest BCUT2D eigenvalue weighted by molar-refractivity contribution is 0.177. The van der Waals surface area contributed by atoms with E-state index in [1.165, 1.54) is 0 Å². The first kappa shape index (κ1) is 11.7. The van der Waals surface area contributed by atoms with E-state index in [4.69, 9.17) is 9.15 Å². The number of furan rings is 1. The molecule has 0 bridgehead atoms. The minimum Gasteiger partial charge on any atom is -0.497 e. The summed E-state index contributed by atoms with van der Waals surface area (Å²) in [6, 6.07) is 9.55. The summed E-state index contributed by atoms with van der Waals surface area (Å²) < 4.78 is 10.3. The first-order valence-electron chi connectivity index (χ1n) is 5.55. The predicted molar refractivity (Wildman–Crippen MR) is 65.1 cm³/mol. The van der Waals surface area contributed by atoms with Gasteiger partial charge in [0.05, 0.1) is 19.5 Å². The summed E-state index contributed by atoms with van der Waals surface area (Å²) in [6.07, 6.45) is 1.65. The second kappa shape index (κ2) is 5.06. The van der Waals surface area contributed by atoms with Crippen LogP contribution in [0.15, 0.2) is 41.0 Å². The fourth-order valence-corrected chi connectivity index (χ4v) is 1.74. The van der Waals surface area contributed by atoms with E-state index in [1.807, 2.05) is 37.3 Å². The highest BCUT2D eigenvalue weighted by atomic mass is 16.5. The van der Waals surface area contributed by atoms with Crippen LogP contribution >= 0.6 is 0 Å². The highest BCUT2D eigenvalue weighted by Gasteiger charge is 2.11. The van der Waals surface area contributed by atoms with Crippen LogP contribution in [0.4, 0.5) is 0 Å². The van der Waals surface area contributed by atoms with Crippen molar-refractivity contribution in [2.45, 2.75) is 19.4 Å². The molecule has 1 heterocycles. The van der Waals surface area contributed by atoms with Gasteiger partial charge in [-0.05, 0) is 30.7 Å². The van der Waals surface area contributed by atoms with Gasteiger partial charge in [0.15, 0.2) is 0 Å². The van der Waals surface area contributed by atoms with E-state index < -0.39 is 6.10 Å². The Labute approximate surface area is 101 Å². The number of rotatable bonds is 4. The molecule has 0 radical (unpaired) electrons. The molecule has 2 aromatic rings. The highest BCUT2D eigenvalue weighted by molar-refractivity contribution is 5.28. The Morgan fingerprint density at radius 3 is 2.53 bits per heavy atom. The maximum Gasteiger partial charge on any atom is 0.118 e. The Balaban J connectivity index is 2.04. The van der Waals surface area contributed by atoms with Gasteiger partial charge in [0, 0.05) is 12.0 Å². The van der Waals surface area contributed by atoms with Crippen molar-refractivity contribution in [3.05, 3.63) is 53.5 Å². The standard InChI is InChI=1S/C14H16O3/c1-10-7-12(9-17-10)14(15)8-11-3-5-13(16-2)6-4-11/h3-7,9,14-15H,8H2,1-2H3. The zero-order chi connectivity index (χ0) is 12.3. The second-order valence-corrected chi connectivity index (χ2v) is 4.06. The van der Waals surface area contributed by atoms with Gasteiger partial charge in [0.25, 0.3) is 0 Å². The van der Waals surface area contributed by atoms with E-state index in [0.29, 0.717) is 6.42 Å². The molecule has 3 heteroatoms. The smallest absolute Gasteiger partial charge is 0.118 e. The molecule has 0 aliphatic rings. The molecule has 0 aliphatic heterocycles. The molecule has 1 aromatic heterocycles. The Hall–Kier alpha value is -1.74. The van der Waals surface area contributed by atoms with E-state index in [2.05, 4.69) is 0 Å². The van der Waals surface area contributed by atoms with Crippen molar-refractivity contribution in [1.29, 1.82) is 0 Å². The molecule has 0 aliphatic carbocycles. The normalized spacial score (nSPS) is 12.4. The molecule has 17 heavy (non-hydrogen) atoms. The van der Waals surface area contributed by atoms with Crippen molar-refractivity contribution in [3.8, 4) is 5.75 Å². The van der Waals surface area contributed by atoms with E-state index in [0.717, 1.165) is 22.6 Å². The fraction of sp³-hybridized carbons (Fsp3) is 0.286. The number of hydrogen-bond donors (Lipinski definition) is 1. The Bertz CT molecular complexity index is 470. The van der Waals surface area contributed by atoms with Crippen molar-refractivity contribution in [2.75, 3.05) is 7.11 Å². The van der Waals surface area contributed by atoms with E-state index in [1.54, 1.807) is 13.4 Å². The molecule has 0 spiro atoms. The molecule has 2 rings (SSSR count). The van der Waals surface area contributed by atoms with Gasteiger partial charge in [-0.1, -0.05) is 12.1 Å². The summed E-state index contributed by atoms with van der Waals surface area (Å²) in [5.74, 6) is 1.64. The number of methoxy groups -OCH3 is 1. The zero-order valence-electron chi connectivity index (χ0n) is 10.0. The van der Waals surface area contributed by atoms with Crippen molar-refractivity contribution < 1.29 is 14.3 Å². The molecular weight excluding hydrogens is 216 g/mol. The van der Waals surface area contributed by atoms with E-state index in [9.17, 15) is 5.11 Å². The lowest BCUT2D eigenvalue weighted by Crippen LogP contribution is -2.00. The number of aryl methyl sites for hydroxylation is 1. The van der Waals surface area contributed by atoms with Crippen LogP contribution in [0, 0.1) is 6.92 Å². The van der Waals surface area contributed by atoms with E-state index in [-0.39, 0.29) is 0 Å². The quantitative estimate of drug-likeness (QED) is 0.881. The van der Waals surface area contributed by atoms with Gasteiger partial charge in [-0.25, -0.2) is 0 Å². The van der Waals surface area contributed by atoms with Crippen LogP contribution in [-0.2, 0) is 6.42 Å². The Morgan fingerprint density at radius 2 is 2.00 bits per heavy atom. The number of benzene rings is 1. The van der Waals surface area contributed by atoms with Crippen LogP contribution in [0.5, 0.6) is 5.75 Å². The monoisotopic (exact) mass is 232 g/mol. The van der Waals surface area contributed by atoms with Crippen LogP contribution in [0.25, 0.3) is 0 Å². The molecule has 0 saturated heterocycles. The topological polar surface area (TPSA) is 42.6 Å². The van der Waals surface area contributed by atoms with Crippen LogP contribution < -0.4 is 4.74 Å². The molecule has 0 fully saturated rings. The van der Waals surface area contributed by atoms with E-state index >= 15 is 0 Å². The molecular formula is C14H16O3. The third-order valence-corrected chi connectivity index (χ3v) is 2.72. The lowest BCUT2D eigenvalue weighted by atomic mass is 10.0. The predicted octanol–water partition coefficient (Wildman–Crippen LogP) is 2.87. The highest BCUT2D eigenvalue weighted by Crippen LogP contribution is 2.21. The summed E-state index contributed by atoms with van der Waals surface area (Å²) >= 11 is 0. The molecule has 1 N–H and O–H groups in total. The molecule has 90 valence electrons. The lowest BCUT2D eigenvalue weighted by Gasteiger charge is -2.08. The second-order valence-electron chi connectivity index (χ2n) is 4.06. The summed E-state index contributed by atoms with van der Waals surface area (Å²) in [7, 11) is 1.64. The van der Waals surface area contributed by atoms with Crippen molar-refractivity contribution in [2.24, 2.45) is 0 Å². The first-order valence-corrected chi connectivity index (χ1v) is 5.55. The van der Waals surface area contributed by atoms with Gasteiger partial charge in [-0.2, -0.15) is 0 Å². The molecule has 1 atom stereocenters. The van der Waals surface area contributed by atoms with Gasteiger partial charge in [0.1, 0.15) is 11.5 Å². The summed E-state index contributed by atoms with van der Waals surface area (Å²) in [5.41, 5.74) is 1.88. The molecule has 0 amide bonds. The van der Waals surface area contributed by atoms with Crippen molar-refractivity contribution in [3.63, 3.8) is 0 Å². The SMILES string of the molecule is COc1ccc(CC(O)c2coc(C)c2)cc1. The van der Waals surface area contributed by atoms with Crippen molar-refractivity contribution in [1.82, 2.24) is 0 Å². The average molecular weight is 232 g/mol. The van der Waals surface area contributed by atoms with Crippen LogP contribution in [0.3, 0.4) is 0 Å². The Morgan fingerprint density at radius 1 is 1.29 bits per heavy atom. The van der Waals surface area contributed by atoms with Crippen LogP contribution in [0.1, 0.15) is 23.0 Å². The van der Waals surface area contributed by atoms with Gasteiger partial charge < -0.3 is 14.3 Å². The molecule has 3 nitrogen and oxygen atoms in total. The van der Waals surface area contributed by atoms with Gasteiger partial charge in [-0.15, -0.1) is 0 Å². The maximum absolute atomic E-state index is 10.0. The zero-order valence-corrected chi connectivity index (χ0v) is 10.0. The van der Waals surface area contributed by atoms with Crippen LogP contribution in [0.2, 0.25) is 0 Å². The minimum absolute atomic E-state index is 0.527. The van der Waals surface area contributed by atoms with Gasteiger partial charge in [-0.3, -0.25) is 0 Å². The number of hydrogen-bond acceptors (Lipinski definition) is 3. The number of ether oxygens (including phenoxy) is 1. The minimum atomic E-state index is -0.527. The molecule has 1 aromatic carbocycles. The molecule has 0 saturated carbocycles. The third kappa shape index (κ3) is 2.88. The van der Waals surface area contributed by atoms with Crippen LogP contribution in [-0.4, -0.2) is 12.2 Å². The summed E-state index contributed by atoms with van der Waals surface area (Å²) in [4.78, 5) is 0. The average Bonchev–Trinajstić information content (AvgIpc) is 2.77. The largest absolute Gasteiger partial charge is 0.497 e. The number of aliphatic hydroxyl groups excluding tert-OH is 1. The van der Waals surface area contributed by atoms with Gasteiger partial charge in [0.2, 0.25) is 0 Å². The maximum atomic E-state index is 10.0. The van der Waals surface area contributed by atoms with Crippen molar-refractivity contribution >= 4 is 0 Å². The fourth-order valence-electron chi connectivity index (χ4n) is 1.74. The first-order chi connectivity index (χ1) is 8.19. The van der Waals surface area contributed by atoms with Gasteiger partial charge >= 0.3 is 0 Å². The third-order valence-electron chi connectivity index (χ3n) is 2.72. The summed E-state index contributed by atoms with van der Waals surface area (Å²) in [5, 5.41) is 10.0. The Kier molecular flexibility index (Phi) is 3.49.